The number of nitrogens with two attached hydrogens (primary N) is 1. The van der Waals surface area contributed by atoms with Gasteiger partial charge in [-0.2, -0.15) is 0 Å². The monoisotopic (exact) mass is 283 g/mol. The Bertz CT molecular complexity index is 520. The van der Waals surface area contributed by atoms with Crippen molar-refractivity contribution in [2.24, 2.45) is 5.73 Å². The normalized spacial score (nSPS) is 10.9. The standard InChI is InChI=1S/C18H25N3/c1-20(2)18-10-8-17(9-11-18)15-21(13-12-19)14-16-6-4-3-5-7-16/h3-11H,12-15,19H2,1-2H3. The van der Waals surface area contributed by atoms with Crippen LogP contribution < -0.4 is 10.6 Å². The molecule has 2 rings (SSSR count). The number of hydrogen-bond acceptors (Lipinski definition) is 3. The molecule has 0 spiro atoms. The van der Waals surface area contributed by atoms with Crippen LogP contribution in [0.15, 0.2) is 54.6 Å². The molecule has 0 heterocycles. The van der Waals surface area contributed by atoms with Crippen molar-refractivity contribution in [1.82, 2.24) is 4.90 Å². The van der Waals surface area contributed by atoms with E-state index in [4.69, 9.17) is 5.73 Å². The molecule has 0 fully saturated rings. The van der Waals surface area contributed by atoms with E-state index in [9.17, 15) is 0 Å². The molecule has 0 amide bonds. The molecular formula is C18H25N3. The summed E-state index contributed by atoms with van der Waals surface area (Å²) in [7, 11) is 4.12. The number of anilines is 1. The molecule has 0 aliphatic rings. The van der Waals surface area contributed by atoms with Gasteiger partial charge >= 0.3 is 0 Å². The van der Waals surface area contributed by atoms with Crippen LogP contribution in [0.2, 0.25) is 0 Å². The van der Waals surface area contributed by atoms with Crippen LogP contribution >= 0.6 is 0 Å². The van der Waals surface area contributed by atoms with Gasteiger partial charge in [-0.05, 0) is 23.3 Å². The van der Waals surface area contributed by atoms with Crippen LogP contribution in [0.5, 0.6) is 0 Å². The summed E-state index contributed by atoms with van der Waals surface area (Å²) in [5.74, 6) is 0. The molecule has 3 heteroatoms. The van der Waals surface area contributed by atoms with Crippen LogP contribution in [0.3, 0.4) is 0 Å². The Morgan fingerprint density at radius 2 is 1.38 bits per heavy atom. The van der Waals surface area contributed by atoms with Gasteiger partial charge in [0.1, 0.15) is 0 Å². The highest BCUT2D eigenvalue weighted by atomic mass is 15.1. The minimum absolute atomic E-state index is 0.683. The van der Waals surface area contributed by atoms with Crippen LogP contribution in [-0.2, 0) is 13.1 Å². The van der Waals surface area contributed by atoms with Gasteiger partial charge in [0.25, 0.3) is 0 Å². The first-order valence-electron chi connectivity index (χ1n) is 7.41. The van der Waals surface area contributed by atoms with Crippen LogP contribution in [0.25, 0.3) is 0 Å². The molecule has 0 aliphatic heterocycles. The molecular weight excluding hydrogens is 258 g/mol. The number of rotatable bonds is 7. The predicted molar refractivity (Wildman–Crippen MR) is 90.4 cm³/mol. The summed E-state index contributed by atoms with van der Waals surface area (Å²) in [6.45, 7) is 3.46. The average Bonchev–Trinajstić information content (AvgIpc) is 2.49. The molecule has 0 unspecified atom stereocenters. The van der Waals surface area contributed by atoms with Gasteiger partial charge in [0.2, 0.25) is 0 Å². The summed E-state index contributed by atoms with van der Waals surface area (Å²) in [4.78, 5) is 4.51. The lowest BCUT2D eigenvalue weighted by Crippen LogP contribution is -2.28. The van der Waals surface area contributed by atoms with Crippen molar-refractivity contribution in [3.63, 3.8) is 0 Å². The van der Waals surface area contributed by atoms with E-state index in [0.717, 1.165) is 19.6 Å². The zero-order valence-corrected chi connectivity index (χ0v) is 13.0. The highest BCUT2D eigenvalue weighted by Gasteiger charge is 2.06. The van der Waals surface area contributed by atoms with E-state index < -0.39 is 0 Å². The SMILES string of the molecule is CN(C)c1ccc(CN(CCN)Cc2ccccc2)cc1. The van der Waals surface area contributed by atoms with Gasteiger partial charge in [-0.25, -0.2) is 0 Å². The van der Waals surface area contributed by atoms with E-state index in [-0.39, 0.29) is 0 Å². The summed E-state index contributed by atoms with van der Waals surface area (Å²) in [6.07, 6.45) is 0. The van der Waals surface area contributed by atoms with Crippen LogP contribution in [-0.4, -0.2) is 32.1 Å². The fourth-order valence-electron chi connectivity index (χ4n) is 2.40. The maximum absolute atomic E-state index is 5.75. The highest BCUT2D eigenvalue weighted by Crippen LogP contribution is 2.15. The van der Waals surface area contributed by atoms with Gasteiger partial charge in [0.05, 0.1) is 0 Å². The zero-order chi connectivity index (χ0) is 15.1. The Kier molecular flexibility index (Phi) is 5.78. The minimum Gasteiger partial charge on any atom is -0.378 e. The summed E-state index contributed by atoms with van der Waals surface area (Å²) < 4.78 is 0. The van der Waals surface area contributed by atoms with E-state index >= 15 is 0 Å². The topological polar surface area (TPSA) is 32.5 Å². The predicted octanol–water partition coefficient (Wildman–Crippen LogP) is 2.71. The molecule has 0 radical (unpaired) electrons. The summed E-state index contributed by atoms with van der Waals surface area (Å²) in [6, 6.07) is 19.3. The van der Waals surface area contributed by atoms with E-state index in [0.29, 0.717) is 6.54 Å². The quantitative estimate of drug-likeness (QED) is 0.848. The Morgan fingerprint density at radius 3 is 1.90 bits per heavy atom. The average molecular weight is 283 g/mol. The molecule has 3 nitrogen and oxygen atoms in total. The molecule has 0 saturated heterocycles. The first-order chi connectivity index (χ1) is 10.2. The summed E-state index contributed by atoms with van der Waals surface area (Å²) in [5, 5.41) is 0. The van der Waals surface area contributed by atoms with Gasteiger partial charge in [-0.15, -0.1) is 0 Å². The molecule has 0 bridgehead atoms. The van der Waals surface area contributed by atoms with E-state index in [2.05, 4.69) is 78.5 Å². The van der Waals surface area contributed by atoms with E-state index in [1.807, 2.05) is 0 Å². The maximum atomic E-state index is 5.75. The Hall–Kier alpha value is -1.84. The smallest absolute Gasteiger partial charge is 0.0361 e. The molecule has 0 aliphatic carbocycles. The first kappa shape index (κ1) is 15.5. The van der Waals surface area contributed by atoms with Gasteiger partial charge in [0.15, 0.2) is 0 Å². The van der Waals surface area contributed by atoms with Crippen molar-refractivity contribution < 1.29 is 0 Å². The van der Waals surface area contributed by atoms with Crippen molar-refractivity contribution in [3.05, 3.63) is 65.7 Å². The third-order valence-corrected chi connectivity index (χ3v) is 3.55. The molecule has 112 valence electrons. The van der Waals surface area contributed by atoms with Gasteiger partial charge in [-0.1, -0.05) is 42.5 Å². The third kappa shape index (κ3) is 4.88. The Balaban J connectivity index is 2.02. The third-order valence-electron chi connectivity index (χ3n) is 3.55. The van der Waals surface area contributed by atoms with Crippen molar-refractivity contribution in [2.45, 2.75) is 13.1 Å². The fraction of sp³-hybridized carbons (Fsp3) is 0.333. The number of benzene rings is 2. The van der Waals surface area contributed by atoms with Crippen LogP contribution in [0.1, 0.15) is 11.1 Å². The molecule has 2 N–H and O–H groups in total. The summed E-state index contributed by atoms with van der Waals surface area (Å²) >= 11 is 0. The zero-order valence-electron chi connectivity index (χ0n) is 13.0. The Morgan fingerprint density at radius 1 is 0.810 bits per heavy atom. The van der Waals surface area contributed by atoms with Crippen LogP contribution in [0, 0.1) is 0 Å². The van der Waals surface area contributed by atoms with Gasteiger partial charge in [-0.3, -0.25) is 4.90 Å². The van der Waals surface area contributed by atoms with Crippen molar-refractivity contribution in [1.29, 1.82) is 0 Å². The number of hydrogen-bond donors (Lipinski definition) is 1. The lowest BCUT2D eigenvalue weighted by Gasteiger charge is -2.22. The molecule has 21 heavy (non-hydrogen) atoms. The first-order valence-corrected chi connectivity index (χ1v) is 7.41. The van der Waals surface area contributed by atoms with Gasteiger partial charge in [0, 0.05) is 46.0 Å². The second-order valence-corrected chi connectivity index (χ2v) is 5.55. The maximum Gasteiger partial charge on any atom is 0.0361 e. The highest BCUT2D eigenvalue weighted by molar-refractivity contribution is 5.45. The molecule has 2 aromatic carbocycles. The largest absolute Gasteiger partial charge is 0.378 e. The van der Waals surface area contributed by atoms with Crippen molar-refractivity contribution in [3.8, 4) is 0 Å². The lowest BCUT2D eigenvalue weighted by atomic mass is 10.1. The van der Waals surface area contributed by atoms with Gasteiger partial charge < -0.3 is 10.6 Å². The molecule has 0 aromatic heterocycles. The van der Waals surface area contributed by atoms with E-state index in [1.165, 1.54) is 16.8 Å². The Labute approximate surface area is 128 Å². The van der Waals surface area contributed by atoms with Crippen LogP contribution in [0.4, 0.5) is 5.69 Å². The lowest BCUT2D eigenvalue weighted by molar-refractivity contribution is 0.264. The second kappa shape index (κ2) is 7.81. The second-order valence-electron chi connectivity index (χ2n) is 5.55. The fourth-order valence-corrected chi connectivity index (χ4v) is 2.40. The van der Waals surface area contributed by atoms with Crippen molar-refractivity contribution in [2.75, 3.05) is 32.1 Å². The number of nitrogens with zero attached hydrogens (tertiary/aromatic N) is 2. The molecule has 0 saturated carbocycles. The molecule has 0 atom stereocenters. The van der Waals surface area contributed by atoms with Crippen molar-refractivity contribution >= 4 is 5.69 Å². The summed E-state index contributed by atoms with van der Waals surface area (Å²) in [5.41, 5.74) is 9.63. The van der Waals surface area contributed by atoms with E-state index in [1.54, 1.807) is 0 Å². The molecule has 2 aromatic rings. The minimum atomic E-state index is 0.683.